The summed E-state index contributed by atoms with van der Waals surface area (Å²) in [4.78, 5) is 21.7. The van der Waals surface area contributed by atoms with Crippen LogP contribution in [0.3, 0.4) is 0 Å². The number of ether oxygens (including phenoxy) is 1. The fraction of sp³-hybridized carbons (Fsp3) is 0.174. The molecule has 29 heavy (non-hydrogen) atoms. The molecule has 146 valence electrons. The zero-order valence-electron chi connectivity index (χ0n) is 16.5. The second kappa shape index (κ2) is 8.01. The van der Waals surface area contributed by atoms with E-state index in [1.165, 1.54) is 16.7 Å². The number of anilines is 2. The number of hydrogen-bond acceptors (Lipinski definition) is 6. The Kier molecular flexibility index (Phi) is 5.27. The minimum Gasteiger partial charge on any atom is -0.462 e. The van der Waals surface area contributed by atoms with Gasteiger partial charge in [-0.1, -0.05) is 23.8 Å². The predicted molar refractivity (Wildman–Crippen MR) is 118 cm³/mol. The highest BCUT2D eigenvalue weighted by Gasteiger charge is 2.15. The van der Waals surface area contributed by atoms with Crippen molar-refractivity contribution in [3.63, 3.8) is 0 Å². The highest BCUT2D eigenvalue weighted by Crippen LogP contribution is 2.38. The van der Waals surface area contributed by atoms with Gasteiger partial charge < -0.3 is 10.1 Å². The molecule has 0 radical (unpaired) electrons. The van der Waals surface area contributed by atoms with E-state index in [0.717, 1.165) is 27.3 Å². The number of hydrogen-bond donors (Lipinski definition) is 1. The van der Waals surface area contributed by atoms with E-state index in [9.17, 15) is 4.79 Å². The normalized spacial score (nSPS) is 10.9. The lowest BCUT2D eigenvalue weighted by Gasteiger charge is -2.11. The summed E-state index contributed by atoms with van der Waals surface area (Å²) >= 11 is 1.61. The van der Waals surface area contributed by atoms with Crippen molar-refractivity contribution in [2.24, 2.45) is 0 Å². The molecular formula is C23H21N3O2S. The molecule has 2 heterocycles. The van der Waals surface area contributed by atoms with Crippen LogP contribution in [0.25, 0.3) is 21.3 Å². The Balaban J connectivity index is 1.71. The fourth-order valence-corrected chi connectivity index (χ4v) is 4.23. The molecule has 5 nitrogen and oxygen atoms in total. The van der Waals surface area contributed by atoms with Crippen LogP contribution >= 0.6 is 11.3 Å². The van der Waals surface area contributed by atoms with Crippen LogP contribution in [0.2, 0.25) is 0 Å². The number of esters is 1. The number of benzene rings is 2. The zero-order chi connectivity index (χ0) is 20.4. The van der Waals surface area contributed by atoms with Crippen molar-refractivity contribution in [2.75, 3.05) is 11.9 Å². The molecule has 2 aromatic heterocycles. The summed E-state index contributed by atoms with van der Waals surface area (Å²) in [7, 11) is 0. The van der Waals surface area contributed by atoms with Gasteiger partial charge in [-0.25, -0.2) is 14.8 Å². The number of carbonyl (C=O) groups is 1. The largest absolute Gasteiger partial charge is 0.462 e. The third-order valence-corrected chi connectivity index (χ3v) is 5.59. The molecular weight excluding hydrogens is 382 g/mol. The van der Waals surface area contributed by atoms with Gasteiger partial charge in [0.15, 0.2) is 0 Å². The van der Waals surface area contributed by atoms with Gasteiger partial charge in [-0.3, -0.25) is 0 Å². The molecule has 0 aliphatic carbocycles. The van der Waals surface area contributed by atoms with Crippen LogP contribution in [0.4, 0.5) is 11.5 Å². The molecule has 0 spiro atoms. The molecule has 4 rings (SSSR count). The van der Waals surface area contributed by atoms with Crippen LogP contribution in [0.5, 0.6) is 0 Å². The van der Waals surface area contributed by atoms with Crippen molar-refractivity contribution in [1.82, 2.24) is 9.97 Å². The topological polar surface area (TPSA) is 64.1 Å². The highest BCUT2D eigenvalue weighted by molar-refractivity contribution is 7.17. The third kappa shape index (κ3) is 3.84. The van der Waals surface area contributed by atoms with Gasteiger partial charge in [-0.2, -0.15) is 0 Å². The standard InChI is InChI=1S/C23H21N3O2S/c1-4-28-23(27)16-6-8-17(9-7-16)26-21-20-19(12-29-22(20)25-13-24-21)18-10-5-14(2)11-15(18)3/h5-13H,4H2,1-3H3,(H,24,25,26). The van der Waals surface area contributed by atoms with Gasteiger partial charge in [0.25, 0.3) is 0 Å². The summed E-state index contributed by atoms with van der Waals surface area (Å²) in [6, 6.07) is 13.7. The summed E-state index contributed by atoms with van der Waals surface area (Å²) < 4.78 is 5.04. The van der Waals surface area contributed by atoms with Crippen molar-refractivity contribution >= 4 is 39.0 Å². The van der Waals surface area contributed by atoms with Crippen molar-refractivity contribution in [1.29, 1.82) is 0 Å². The van der Waals surface area contributed by atoms with Crippen LogP contribution in [-0.4, -0.2) is 22.5 Å². The predicted octanol–water partition coefficient (Wildman–Crippen LogP) is 5.90. The molecule has 6 heteroatoms. The first-order chi connectivity index (χ1) is 14.1. The Bertz CT molecular complexity index is 1180. The van der Waals surface area contributed by atoms with E-state index >= 15 is 0 Å². The van der Waals surface area contributed by atoms with E-state index in [0.29, 0.717) is 12.2 Å². The average Bonchev–Trinajstić information content (AvgIpc) is 3.14. The molecule has 0 atom stereocenters. The lowest BCUT2D eigenvalue weighted by molar-refractivity contribution is 0.0526. The van der Waals surface area contributed by atoms with Gasteiger partial charge in [0, 0.05) is 16.6 Å². The van der Waals surface area contributed by atoms with Crippen LogP contribution in [-0.2, 0) is 4.74 Å². The summed E-state index contributed by atoms with van der Waals surface area (Å²) in [5.41, 5.74) is 6.12. The van der Waals surface area contributed by atoms with E-state index in [2.05, 4.69) is 52.7 Å². The molecule has 4 aromatic rings. The minimum absolute atomic E-state index is 0.321. The number of aromatic nitrogens is 2. The van der Waals surface area contributed by atoms with Gasteiger partial charge >= 0.3 is 5.97 Å². The Morgan fingerprint density at radius 2 is 1.86 bits per heavy atom. The lowest BCUT2D eigenvalue weighted by Crippen LogP contribution is -2.04. The molecule has 1 N–H and O–H groups in total. The Morgan fingerprint density at radius 3 is 2.59 bits per heavy atom. The first-order valence-electron chi connectivity index (χ1n) is 9.41. The number of aryl methyl sites for hydroxylation is 2. The summed E-state index contributed by atoms with van der Waals surface area (Å²) in [5.74, 6) is 0.425. The number of fused-ring (bicyclic) bond motifs is 1. The van der Waals surface area contributed by atoms with Crippen molar-refractivity contribution in [2.45, 2.75) is 20.8 Å². The van der Waals surface area contributed by atoms with Gasteiger partial charge in [-0.05, 0) is 56.2 Å². The Hall–Kier alpha value is -3.25. The number of nitrogens with zero attached hydrogens (tertiary/aromatic N) is 2. The average molecular weight is 404 g/mol. The second-order valence-corrected chi connectivity index (χ2v) is 7.65. The quantitative estimate of drug-likeness (QED) is 0.421. The van der Waals surface area contributed by atoms with Gasteiger partial charge in [-0.15, -0.1) is 11.3 Å². The van der Waals surface area contributed by atoms with Crippen LogP contribution in [0.1, 0.15) is 28.4 Å². The van der Waals surface area contributed by atoms with E-state index < -0.39 is 0 Å². The molecule has 0 bridgehead atoms. The van der Waals surface area contributed by atoms with Gasteiger partial charge in [0.1, 0.15) is 17.0 Å². The monoisotopic (exact) mass is 403 g/mol. The highest BCUT2D eigenvalue weighted by atomic mass is 32.1. The Labute approximate surface area is 173 Å². The minimum atomic E-state index is -0.321. The van der Waals surface area contributed by atoms with E-state index in [4.69, 9.17) is 4.74 Å². The van der Waals surface area contributed by atoms with Crippen molar-refractivity contribution in [3.8, 4) is 11.1 Å². The smallest absolute Gasteiger partial charge is 0.338 e. The van der Waals surface area contributed by atoms with Gasteiger partial charge in [0.05, 0.1) is 17.6 Å². The van der Waals surface area contributed by atoms with E-state index in [-0.39, 0.29) is 5.97 Å². The van der Waals surface area contributed by atoms with Gasteiger partial charge in [0.2, 0.25) is 0 Å². The summed E-state index contributed by atoms with van der Waals surface area (Å²) in [6.45, 7) is 6.37. The maximum absolute atomic E-state index is 11.8. The van der Waals surface area contributed by atoms with Crippen molar-refractivity contribution < 1.29 is 9.53 Å². The molecule has 0 aliphatic heterocycles. The van der Waals surface area contributed by atoms with E-state index in [1.807, 2.05) is 12.1 Å². The molecule has 0 aliphatic rings. The van der Waals surface area contributed by atoms with Crippen LogP contribution in [0.15, 0.2) is 54.2 Å². The number of nitrogens with one attached hydrogen (secondary N) is 1. The van der Waals surface area contributed by atoms with Crippen molar-refractivity contribution in [3.05, 3.63) is 70.9 Å². The molecule has 0 saturated heterocycles. The number of thiophene rings is 1. The number of carbonyl (C=O) groups excluding carboxylic acids is 1. The SMILES string of the molecule is CCOC(=O)c1ccc(Nc2ncnc3scc(-c4ccc(C)cc4C)c23)cc1. The first kappa shape index (κ1) is 19.1. The molecule has 0 fully saturated rings. The summed E-state index contributed by atoms with van der Waals surface area (Å²) in [5, 5.41) is 6.51. The lowest BCUT2D eigenvalue weighted by atomic mass is 9.99. The molecule has 0 saturated carbocycles. The fourth-order valence-electron chi connectivity index (χ4n) is 3.32. The maximum Gasteiger partial charge on any atom is 0.338 e. The number of rotatable bonds is 5. The van der Waals surface area contributed by atoms with E-state index in [1.54, 1.807) is 36.7 Å². The maximum atomic E-state index is 11.8. The third-order valence-electron chi connectivity index (χ3n) is 4.70. The Morgan fingerprint density at radius 1 is 1.07 bits per heavy atom. The zero-order valence-corrected chi connectivity index (χ0v) is 17.3. The molecule has 2 aromatic carbocycles. The van der Waals surface area contributed by atoms with Crippen LogP contribution in [0, 0.1) is 13.8 Å². The summed E-state index contributed by atoms with van der Waals surface area (Å²) in [6.07, 6.45) is 1.57. The molecule has 0 amide bonds. The second-order valence-electron chi connectivity index (χ2n) is 6.79. The van der Waals surface area contributed by atoms with Crippen LogP contribution < -0.4 is 5.32 Å². The first-order valence-corrected chi connectivity index (χ1v) is 10.3. The molecule has 0 unspecified atom stereocenters.